The molecule has 4 aromatic rings. The van der Waals surface area contributed by atoms with Crippen LogP contribution in [-0.4, -0.2) is 24.3 Å². The summed E-state index contributed by atoms with van der Waals surface area (Å²) in [7, 11) is 1.58. The van der Waals surface area contributed by atoms with Crippen molar-refractivity contribution in [2.45, 2.75) is 13.0 Å². The van der Waals surface area contributed by atoms with E-state index in [4.69, 9.17) is 14.5 Å². The first-order valence-corrected chi connectivity index (χ1v) is 14.2. The second-order valence-electron chi connectivity index (χ2n) is 8.35. The molecule has 9 heteroatoms. The molecule has 0 fully saturated rings. The lowest BCUT2D eigenvalue weighted by atomic mass is 9.93. The van der Waals surface area contributed by atoms with Gasteiger partial charge in [-0.15, -0.1) is 0 Å². The molecule has 0 unspecified atom stereocenters. The van der Waals surface area contributed by atoms with Gasteiger partial charge in [0.05, 0.1) is 40.0 Å². The van der Waals surface area contributed by atoms with Gasteiger partial charge in [-0.3, -0.25) is 9.36 Å². The van der Waals surface area contributed by atoms with Gasteiger partial charge in [0.15, 0.2) is 4.80 Å². The Morgan fingerprint density at radius 2 is 1.76 bits per heavy atom. The summed E-state index contributed by atoms with van der Waals surface area (Å²) in [6, 6.07) is 22.0. The van der Waals surface area contributed by atoms with Crippen LogP contribution in [0.5, 0.6) is 5.75 Å². The molecular weight excluding hydrogens is 632 g/mol. The highest BCUT2D eigenvalue weighted by molar-refractivity contribution is 9.11. The molecule has 0 spiro atoms. The first kappa shape index (κ1) is 26.3. The third-order valence-electron chi connectivity index (χ3n) is 6.02. The van der Waals surface area contributed by atoms with E-state index >= 15 is 0 Å². The molecule has 2 heterocycles. The smallest absolute Gasteiger partial charge is 0.338 e. The fraction of sp³-hybridized carbons (Fsp3) is 0.138. The zero-order chi connectivity index (χ0) is 26.8. The molecule has 0 saturated heterocycles. The molecule has 192 valence electrons. The van der Waals surface area contributed by atoms with Gasteiger partial charge in [0, 0.05) is 15.6 Å². The van der Waals surface area contributed by atoms with Gasteiger partial charge in [0.2, 0.25) is 0 Å². The maximum absolute atomic E-state index is 14.0. The number of halogens is 2. The number of fused-ring (bicyclic) bond motifs is 1. The van der Waals surface area contributed by atoms with Crippen LogP contribution in [0.15, 0.2) is 97.1 Å². The van der Waals surface area contributed by atoms with E-state index in [1.807, 2.05) is 72.8 Å². The second kappa shape index (κ2) is 11.2. The number of carbonyl (C=O) groups excluding carboxylic acids is 1. The van der Waals surface area contributed by atoms with E-state index in [0.29, 0.717) is 26.4 Å². The number of rotatable bonds is 6. The van der Waals surface area contributed by atoms with Crippen LogP contribution in [0.2, 0.25) is 0 Å². The molecule has 1 aliphatic rings. The van der Waals surface area contributed by atoms with Crippen molar-refractivity contribution >= 4 is 60.9 Å². The highest BCUT2D eigenvalue weighted by atomic mass is 79.9. The monoisotopic (exact) mass is 652 g/mol. The molecule has 1 aromatic heterocycles. The van der Waals surface area contributed by atoms with Gasteiger partial charge in [-0.05, 0) is 46.6 Å². The van der Waals surface area contributed by atoms with Crippen LogP contribution in [0.4, 0.5) is 0 Å². The molecule has 0 saturated carbocycles. The van der Waals surface area contributed by atoms with E-state index in [1.165, 1.54) is 11.3 Å². The van der Waals surface area contributed by atoms with Crippen molar-refractivity contribution < 1.29 is 14.3 Å². The number of nitrogens with zero attached hydrogens (tertiary/aromatic N) is 2. The summed E-state index contributed by atoms with van der Waals surface area (Å²) in [5.41, 5.74) is 2.85. The summed E-state index contributed by atoms with van der Waals surface area (Å²) in [5.74, 6) is 0.103. The molecule has 6 nitrogen and oxygen atoms in total. The largest absolute Gasteiger partial charge is 0.495 e. The molecule has 0 bridgehead atoms. The van der Waals surface area contributed by atoms with Crippen LogP contribution in [0.1, 0.15) is 29.7 Å². The molecule has 5 rings (SSSR count). The van der Waals surface area contributed by atoms with E-state index in [-0.39, 0.29) is 12.2 Å². The van der Waals surface area contributed by atoms with Gasteiger partial charge in [-0.1, -0.05) is 87.9 Å². The fourth-order valence-corrected chi connectivity index (χ4v) is 6.85. The Bertz CT molecular complexity index is 1730. The first-order chi connectivity index (χ1) is 18.4. The standard InChI is InChI=1S/C29H22Br2N2O4S/c1-3-37-28(35)23-24(17-10-6-4-7-11-17)32-29-33(25(23)18-12-8-5-9-13-18)27(34)22(38-29)15-19-14-20(30)16-21(31)26(19)36-2/h4-16,25H,3H2,1-2H3/b22-15-/t25-/m0/s1. The lowest BCUT2D eigenvalue weighted by Crippen LogP contribution is -2.40. The van der Waals surface area contributed by atoms with Crippen LogP contribution in [0.3, 0.4) is 0 Å². The number of esters is 1. The number of aromatic nitrogens is 1. The fourth-order valence-electron chi connectivity index (χ4n) is 4.44. The number of hydrogen-bond donors (Lipinski definition) is 0. The summed E-state index contributed by atoms with van der Waals surface area (Å²) in [4.78, 5) is 32.8. The molecule has 3 aromatic carbocycles. The summed E-state index contributed by atoms with van der Waals surface area (Å²) >= 11 is 8.31. The molecular formula is C29H22Br2N2O4S. The Kier molecular flexibility index (Phi) is 7.78. The van der Waals surface area contributed by atoms with Crippen molar-refractivity contribution in [3.63, 3.8) is 0 Å². The van der Waals surface area contributed by atoms with Crippen LogP contribution >= 0.6 is 43.2 Å². The lowest BCUT2D eigenvalue weighted by molar-refractivity contribution is -0.138. The Hall–Kier alpha value is -3.27. The van der Waals surface area contributed by atoms with Gasteiger partial charge in [-0.25, -0.2) is 9.79 Å². The summed E-state index contributed by atoms with van der Waals surface area (Å²) < 4.78 is 14.7. The maximum Gasteiger partial charge on any atom is 0.338 e. The molecule has 0 N–H and O–H groups in total. The van der Waals surface area contributed by atoms with Gasteiger partial charge in [-0.2, -0.15) is 0 Å². The third kappa shape index (κ3) is 4.93. The van der Waals surface area contributed by atoms with Crippen molar-refractivity contribution in [2.75, 3.05) is 13.7 Å². The van der Waals surface area contributed by atoms with Crippen LogP contribution in [0.25, 0.3) is 11.8 Å². The van der Waals surface area contributed by atoms with Crippen molar-refractivity contribution in [2.24, 2.45) is 4.99 Å². The number of ether oxygens (including phenoxy) is 2. The van der Waals surface area contributed by atoms with Crippen molar-refractivity contribution in [1.29, 1.82) is 0 Å². The number of carbonyl (C=O) groups is 1. The SMILES string of the molecule is CCOC(=O)C1=C(c2ccccc2)N=c2s/c(=C\c3cc(Br)cc(Br)c3OC)c(=O)n2[C@H]1c1ccccc1. The molecule has 0 aliphatic carbocycles. The number of methoxy groups -OCH3 is 1. The van der Waals surface area contributed by atoms with Crippen molar-refractivity contribution in [1.82, 2.24) is 4.57 Å². The zero-order valence-corrected chi connectivity index (χ0v) is 24.5. The van der Waals surface area contributed by atoms with E-state index < -0.39 is 12.0 Å². The topological polar surface area (TPSA) is 69.9 Å². The van der Waals surface area contributed by atoms with Gasteiger partial charge in [0.25, 0.3) is 5.56 Å². The van der Waals surface area contributed by atoms with E-state index in [1.54, 1.807) is 24.7 Å². The Balaban J connectivity index is 1.84. The van der Waals surface area contributed by atoms with E-state index in [2.05, 4.69) is 31.9 Å². The minimum atomic E-state index is -0.708. The second-order valence-corrected chi connectivity index (χ2v) is 11.1. The molecule has 1 aliphatic heterocycles. The normalized spacial score (nSPS) is 15.2. The first-order valence-electron chi connectivity index (χ1n) is 11.8. The number of thiazole rings is 1. The highest BCUT2D eigenvalue weighted by Crippen LogP contribution is 2.36. The Labute approximate surface area is 239 Å². The van der Waals surface area contributed by atoms with E-state index in [0.717, 1.165) is 25.6 Å². The summed E-state index contributed by atoms with van der Waals surface area (Å²) in [6.45, 7) is 1.96. The van der Waals surface area contributed by atoms with Crippen molar-refractivity contribution in [3.8, 4) is 5.75 Å². The van der Waals surface area contributed by atoms with Crippen molar-refractivity contribution in [3.05, 3.63) is 124 Å². The van der Waals surface area contributed by atoms with Crippen LogP contribution in [0, 0.1) is 0 Å². The third-order valence-corrected chi connectivity index (χ3v) is 8.05. The minimum absolute atomic E-state index is 0.202. The summed E-state index contributed by atoms with van der Waals surface area (Å²) in [5, 5.41) is 0. The molecule has 1 atom stereocenters. The minimum Gasteiger partial charge on any atom is -0.495 e. The number of hydrogen-bond acceptors (Lipinski definition) is 6. The van der Waals surface area contributed by atoms with Gasteiger partial charge >= 0.3 is 5.97 Å². The zero-order valence-electron chi connectivity index (χ0n) is 20.5. The predicted molar refractivity (Wildman–Crippen MR) is 156 cm³/mol. The van der Waals surface area contributed by atoms with Crippen LogP contribution < -0.4 is 19.6 Å². The summed E-state index contributed by atoms with van der Waals surface area (Å²) in [6.07, 6.45) is 1.79. The highest BCUT2D eigenvalue weighted by Gasteiger charge is 2.35. The van der Waals surface area contributed by atoms with Crippen LogP contribution in [-0.2, 0) is 9.53 Å². The Morgan fingerprint density at radius 3 is 2.42 bits per heavy atom. The van der Waals surface area contributed by atoms with Gasteiger partial charge < -0.3 is 9.47 Å². The average Bonchev–Trinajstić information content (AvgIpc) is 3.23. The van der Waals surface area contributed by atoms with Gasteiger partial charge in [0.1, 0.15) is 5.75 Å². The maximum atomic E-state index is 14.0. The molecule has 0 amide bonds. The quantitative estimate of drug-likeness (QED) is 0.259. The Morgan fingerprint density at radius 1 is 1.08 bits per heavy atom. The average molecular weight is 654 g/mol. The molecule has 38 heavy (non-hydrogen) atoms. The predicted octanol–water partition coefficient (Wildman–Crippen LogP) is 5.47. The number of benzene rings is 3. The van der Waals surface area contributed by atoms with E-state index in [9.17, 15) is 9.59 Å². The lowest BCUT2D eigenvalue weighted by Gasteiger charge is -2.25. The molecule has 0 radical (unpaired) electrons.